The van der Waals surface area contributed by atoms with E-state index in [1.165, 1.54) is 76.8 Å². The van der Waals surface area contributed by atoms with Gasteiger partial charge in [-0.15, -0.1) is 0 Å². The van der Waals surface area contributed by atoms with Crippen LogP contribution in [0, 0.1) is 0 Å². The molecule has 9 aromatic carbocycles. The topological polar surface area (TPSA) is 3.24 Å². The maximum Gasteiger partial charge on any atom is 0.0725 e. The summed E-state index contributed by atoms with van der Waals surface area (Å²) in [6.07, 6.45) is 0. The van der Waals surface area contributed by atoms with E-state index >= 15 is 0 Å². The smallest absolute Gasteiger partial charge is 0.0725 e. The molecule has 2 aliphatic rings. The van der Waals surface area contributed by atoms with Gasteiger partial charge in [-0.25, -0.2) is 0 Å². The van der Waals surface area contributed by atoms with Crippen LogP contribution in [0.2, 0.25) is 0 Å². The molecule has 0 aliphatic heterocycles. The zero-order chi connectivity index (χ0) is 32.8. The van der Waals surface area contributed by atoms with Gasteiger partial charge >= 0.3 is 0 Å². The molecule has 0 unspecified atom stereocenters. The Morgan fingerprint density at radius 1 is 0.300 bits per heavy atom. The number of fused-ring (bicyclic) bond motifs is 10. The van der Waals surface area contributed by atoms with Gasteiger partial charge in [-0.2, -0.15) is 0 Å². The lowest BCUT2D eigenvalue weighted by atomic mass is 9.70. The van der Waals surface area contributed by atoms with E-state index in [0.29, 0.717) is 0 Å². The first kappa shape index (κ1) is 27.5. The highest BCUT2D eigenvalue weighted by molar-refractivity contribution is 6.30. The Labute approximate surface area is 291 Å². The first-order valence-corrected chi connectivity index (χ1v) is 17.4. The molecule has 11 rings (SSSR count). The Kier molecular flexibility index (Phi) is 5.66. The summed E-state index contributed by atoms with van der Waals surface area (Å²) in [5.41, 5.74) is 13.8. The zero-order valence-corrected chi connectivity index (χ0v) is 27.3. The summed E-state index contributed by atoms with van der Waals surface area (Å²) in [5, 5.41) is 8.04. The van der Waals surface area contributed by atoms with Crippen molar-refractivity contribution in [1.82, 2.24) is 0 Å². The molecule has 1 spiro atoms. The van der Waals surface area contributed by atoms with E-state index in [9.17, 15) is 0 Å². The quantitative estimate of drug-likeness (QED) is 0.174. The Morgan fingerprint density at radius 2 is 0.780 bits per heavy atom. The average molecular weight is 634 g/mol. The molecule has 0 fully saturated rings. The predicted molar refractivity (Wildman–Crippen MR) is 210 cm³/mol. The summed E-state index contributed by atoms with van der Waals surface area (Å²) in [4.78, 5) is 2.33. The molecule has 0 N–H and O–H groups in total. The van der Waals surface area contributed by atoms with Crippen molar-refractivity contribution in [1.29, 1.82) is 0 Å². The van der Waals surface area contributed by atoms with Gasteiger partial charge in [-0.3, -0.25) is 0 Å². The van der Waals surface area contributed by atoms with Crippen molar-refractivity contribution in [2.24, 2.45) is 0 Å². The zero-order valence-electron chi connectivity index (χ0n) is 27.3. The van der Waals surface area contributed by atoms with Gasteiger partial charge in [-0.1, -0.05) is 146 Å². The summed E-state index contributed by atoms with van der Waals surface area (Å²) in [7, 11) is 0. The minimum Gasteiger partial charge on any atom is -0.310 e. The molecule has 2 aliphatic carbocycles. The van der Waals surface area contributed by atoms with Gasteiger partial charge in [0.15, 0.2) is 0 Å². The third-order valence-corrected chi connectivity index (χ3v) is 11.2. The lowest BCUT2D eigenvalue weighted by Gasteiger charge is -2.30. The number of nitrogens with zero attached hydrogens (tertiary/aromatic N) is 1. The highest BCUT2D eigenvalue weighted by Crippen LogP contribution is 2.63. The molecule has 0 saturated heterocycles. The van der Waals surface area contributed by atoms with E-state index in [4.69, 9.17) is 0 Å². The van der Waals surface area contributed by atoms with E-state index < -0.39 is 0 Å². The predicted octanol–water partition coefficient (Wildman–Crippen LogP) is 13.0. The molecule has 0 amide bonds. The van der Waals surface area contributed by atoms with Gasteiger partial charge in [0.2, 0.25) is 0 Å². The van der Waals surface area contributed by atoms with Crippen LogP contribution in [0.3, 0.4) is 0 Å². The van der Waals surface area contributed by atoms with Crippen LogP contribution in [0.5, 0.6) is 0 Å². The molecular formula is C49H31N. The van der Waals surface area contributed by atoms with E-state index in [0.717, 1.165) is 17.1 Å². The molecule has 0 heterocycles. The summed E-state index contributed by atoms with van der Waals surface area (Å²) < 4.78 is 0. The number of hydrogen-bond acceptors (Lipinski definition) is 1. The molecule has 0 atom stereocenters. The molecule has 0 bridgehead atoms. The van der Waals surface area contributed by atoms with E-state index in [1.807, 2.05) is 0 Å². The molecule has 0 saturated carbocycles. The summed E-state index contributed by atoms with van der Waals surface area (Å²) >= 11 is 0. The molecule has 232 valence electrons. The first-order chi connectivity index (χ1) is 24.8. The fraction of sp³-hybridized carbons (Fsp3) is 0.0204. The average Bonchev–Trinajstić information content (AvgIpc) is 3.67. The van der Waals surface area contributed by atoms with Crippen LogP contribution < -0.4 is 4.90 Å². The van der Waals surface area contributed by atoms with Gasteiger partial charge in [-0.05, 0) is 119 Å². The van der Waals surface area contributed by atoms with Gasteiger partial charge < -0.3 is 4.90 Å². The highest BCUT2D eigenvalue weighted by atomic mass is 15.1. The molecule has 0 radical (unpaired) electrons. The third-order valence-electron chi connectivity index (χ3n) is 11.2. The fourth-order valence-electron chi connectivity index (χ4n) is 9.29. The minimum absolute atomic E-state index is 0.332. The van der Waals surface area contributed by atoms with Crippen LogP contribution in [-0.4, -0.2) is 0 Å². The maximum atomic E-state index is 2.43. The highest BCUT2D eigenvalue weighted by Gasteiger charge is 2.50. The van der Waals surface area contributed by atoms with E-state index in [-0.39, 0.29) is 5.41 Å². The molecule has 9 aromatic rings. The molecule has 1 heteroatoms. The third kappa shape index (κ3) is 3.56. The van der Waals surface area contributed by atoms with Crippen LogP contribution in [-0.2, 0) is 5.41 Å². The summed E-state index contributed by atoms with van der Waals surface area (Å²) in [5.74, 6) is 0. The second kappa shape index (κ2) is 10.3. The normalized spacial score (nSPS) is 13.4. The van der Waals surface area contributed by atoms with Crippen LogP contribution in [0.1, 0.15) is 22.3 Å². The minimum atomic E-state index is -0.332. The van der Waals surface area contributed by atoms with Crippen molar-refractivity contribution in [2.45, 2.75) is 5.41 Å². The van der Waals surface area contributed by atoms with Crippen LogP contribution in [0.4, 0.5) is 17.1 Å². The SMILES string of the molecule is c1ccc(N(c2ccccc2)c2cccc(-c3ccc4c(c3)c3cccc5c3c3c(cccc43)C53c4ccccc4-c4ccccc43)c2)cc1. The van der Waals surface area contributed by atoms with E-state index in [2.05, 4.69) is 193 Å². The second-order valence-corrected chi connectivity index (χ2v) is 13.6. The Hall–Kier alpha value is -6.44. The van der Waals surface area contributed by atoms with Crippen molar-refractivity contribution < 1.29 is 0 Å². The fourth-order valence-corrected chi connectivity index (χ4v) is 9.29. The Morgan fingerprint density at radius 3 is 1.40 bits per heavy atom. The van der Waals surface area contributed by atoms with Crippen LogP contribution in [0.25, 0.3) is 54.6 Å². The molecular weight excluding hydrogens is 603 g/mol. The van der Waals surface area contributed by atoms with Crippen molar-refractivity contribution in [3.8, 4) is 22.3 Å². The van der Waals surface area contributed by atoms with Crippen molar-refractivity contribution in [3.05, 3.63) is 210 Å². The Balaban J connectivity index is 1.15. The Bertz CT molecular complexity index is 2730. The lowest BCUT2D eigenvalue weighted by molar-refractivity contribution is 0.797. The second-order valence-electron chi connectivity index (χ2n) is 13.6. The monoisotopic (exact) mass is 633 g/mol. The summed E-state index contributed by atoms with van der Waals surface area (Å²) in [6.45, 7) is 0. The molecule has 50 heavy (non-hydrogen) atoms. The standard InChI is InChI=1S/C49H31N/c1-3-15-34(16-4-1)50(35-17-5-2-6-18-35)36-19-11-14-32(30-36)33-28-29-37-40-22-12-26-45-47(40)48-41(42(37)31-33)23-13-27-46(48)49(45)43-24-9-7-20-38(43)39-21-8-10-25-44(39)49/h1-31H. The van der Waals surface area contributed by atoms with Crippen molar-refractivity contribution in [3.63, 3.8) is 0 Å². The maximum absolute atomic E-state index is 2.43. The van der Waals surface area contributed by atoms with Gasteiger partial charge in [0.25, 0.3) is 0 Å². The molecule has 0 aromatic heterocycles. The number of hydrogen-bond donors (Lipinski definition) is 0. The largest absolute Gasteiger partial charge is 0.310 e. The van der Waals surface area contributed by atoms with Crippen LogP contribution >= 0.6 is 0 Å². The van der Waals surface area contributed by atoms with Crippen molar-refractivity contribution in [2.75, 3.05) is 4.90 Å². The van der Waals surface area contributed by atoms with Gasteiger partial charge in [0.05, 0.1) is 5.41 Å². The van der Waals surface area contributed by atoms with Gasteiger partial charge in [0, 0.05) is 17.1 Å². The lowest BCUT2D eigenvalue weighted by Crippen LogP contribution is -2.25. The van der Waals surface area contributed by atoms with Crippen molar-refractivity contribution >= 4 is 49.4 Å². The van der Waals surface area contributed by atoms with Gasteiger partial charge in [0.1, 0.15) is 0 Å². The number of anilines is 3. The van der Waals surface area contributed by atoms with Crippen LogP contribution in [0.15, 0.2) is 188 Å². The van der Waals surface area contributed by atoms with E-state index in [1.54, 1.807) is 0 Å². The number of rotatable bonds is 4. The number of benzene rings is 9. The number of para-hydroxylation sites is 2. The molecule has 1 nitrogen and oxygen atoms in total. The summed E-state index contributed by atoms with van der Waals surface area (Å²) in [6, 6.07) is 69.5. The first-order valence-electron chi connectivity index (χ1n) is 17.4.